The topological polar surface area (TPSA) is 94.4 Å². The number of ether oxygens (including phenoxy) is 1. The van der Waals surface area contributed by atoms with Gasteiger partial charge >= 0.3 is 5.97 Å². The molecule has 1 amide bonds. The molecule has 202 valence electrons. The first-order valence-electron chi connectivity index (χ1n) is 12.3. The first-order valence-corrected chi connectivity index (χ1v) is 13.4. The molecular weight excluding hydrogens is 539 g/mol. The molecule has 2 aromatic rings. The van der Waals surface area contributed by atoms with E-state index < -0.39 is 17.1 Å². The maximum absolute atomic E-state index is 13.6. The number of carbonyl (C=O) groups is 3. The number of hydrogen-bond donors (Lipinski definition) is 0. The van der Waals surface area contributed by atoms with Crippen LogP contribution in [0.4, 0.5) is 0 Å². The van der Waals surface area contributed by atoms with Crippen LogP contribution in [0.1, 0.15) is 87.1 Å². The Labute approximate surface area is 232 Å². The molecule has 1 saturated carbocycles. The van der Waals surface area contributed by atoms with Crippen molar-refractivity contribution >= 4 is 52.5 Å². The van der Waals surface area contributed by atoms with Gasteiger partial charge in [0.15, 0.2) is 5.78 Å². The van der Waals surface area contributed by atoms with E-state index in [1.54, 1.807) is 11.6 Å². The number of nitrogens with zero attached hydrogens (tertiary/aromatic N) is 4. The molecule has 37 heavy (non-hydrogen) atoms. The van der Waals surface area contributed by atoms with E-state index in [4.69, 9.17) is 39.5 Å². The molecular formula is C26H33Cl3N4O4. The fraction of sp³-hybridized carbons (Fsp3) is 0.577. The summed E-state index contributed by atoms with van der Waals surface area (Å²) >= 11 is 19.0. The van der Waals surface area contributed by atoms with Crippen molar-refractivity contribution in [2.75, 3.05) is 19.7 Å². The summed E-state index contributed by atoms with van der Waals surface area (Å²) in [5, 5.41) is 4.88. The molecule has 0 spiro atoms. The van der Waals surface area contributed by atoms with E-state index in [1.807, 2.05) is 27.7 Å². The van der Waals surface area contributed by atoms with E-state index in [-0.39, 0.29) is 50.3 Å². The third-order valence-corrected chi connectivity index (χ3v) is 7.51. The Bertz CT molecular complexity index is 1150. The average molecular weight is 572 g/mol. The largest absolute Gasteiger partial charge is 0.466 e. The van der Waals surface area contributed by atoms with Crippen LogP contribution in [0.2, 0.25) is 15.2 Å². The summed E-state index contributed by atoms with van der Waals surface area (Å²) in [5.41, 5.74) is -0.502. The van der Waals surface area contributed by atoms with Gasteiger partial charge in [0, 0.05) is 18.9 Å². The van der Waals surface area contributed by atoms with Crippen LogP contribution in [-0.2, 0) is 9.53 Å². The van der Waals surface area contributed by atoms with Crippen molar-refractivity contribution in [3.8, 4) is 0 Å². The molecule has 0 bridgehead atoms. The number of ketones is 1. The van der Waals surface area contributed by atoms with Crippen LogP contribution in [-0.4, -0.2) is 57.0 Å². The normalized spacial score (nSPS) is 19.9. The Morgan fingerprint density at radius 3 is 2.24 bits per heavy atom. The monoisotopic (exact) mass is 570 g/mol. The zero-order valence-corrected chi connectivity index (χ0v) is 24.1. The molecule has 0 saturated heterocycles. The Hall–Kier alpha value is -2.16. The summed E-state index contributed by atoms with van der Waals surface area (Å²) in [7, 11) is 0. The summed E-state index contributed by atoms with van der Waals surface area (Å²) in [5.74, 6) is -0.996. The van der Waals surface area contributed by atoms with Gasteiger partial charge in [0.2, 0.25) is 0 Å². The number of esters is 1. The molecule has 1 aliphatic rings. The van der Waals surface area contributed by atoms with Crippen LogP contribution in [0.3, 0.4) is 0 Å². The Kier molecular flexibility index (Phi) is 9.30. The standard InChI is InChI=1S/C26H33Cl3N4O4/c1-6-37-24(36)26(5)9-7-16(8-10-26)33-22(29)17(11-31-33)23(35)32(15-25(2,3)4)14-20(34)21-18(27)12-30-13-19(21)28/h11-13,16H,6-10,14-15H2,1-5H3/t16-,26-. The van der Waals surface area contributed by atoms with Crippen LogP contribution in [0.25, 0.3) is 0 Å². The highest BCUT2D eigenvalue weighted by Crippen LogP contribution is 2.42. The number of hydrogen-bond acceptors (Lipinski definition) is 6. The van der Waals surface area contributed by atoms with Gasteiger partial charge in [0.05, 0.1) is 52.0 Å². The zero-order chi connectivity index (χ0) is 27.5. The summed E-state index contributed by atoms with van der Waals surface area (Å²) in [6, 6.07) is -0.0521. The number of halogens is 3. The molecule has 0 unspecified atom stereocenters. The van der Waals surface area contributed by atoms with E-state index >= 15 is 0 Å². The molecule has 2 heterocycles. The van der Waals surface area contributed by atoms with Crippen LogP contribution in [0.15, 0.2) is 18.6 Å². The van der Waals surface area contributed by atoms with Crippen molar-refractivity contribution in [2.45, 2.75) is 66.3 Å². The van der Waals surface area contributed by atoms with Crippen LogP contribution < -0.4 is 0 Å². The van der Waals surface area contributed by atoms with Crippen molar-refractivity contribution in [1.29, 1.82) is 0 Å². The van der Waals surface area contributed by atoms with E-state index in [9.17, 15) is 14.4 Å². The number of aromatic nitrogens is 3. The third kappa shape index (κ3) is 6.84. The number of carbonyl (C=O) groups excluding carboxylic acids is 3. The minimum absolute atomic E-state index is 0.0521. The Balaban J connectivity index is 1.81. The molecule has 3 rings (SSSR count). The Morgan fingerprint density at radius 1 is 1.11 bits per heavy atom. The van der Waals surface area contributed by atoms with Gasteiger partial charge in [0.1, 0.15) is 5.15 Å². The quantitative estimate of drug-likeness (QED) is 0.273. The summed E-state index contributed by atoms with van der Waals surface area (Å²) < 4.78 is 6.89. The van der Waals surface area contributed by atoms with Crippen molar-refractivity contribution in [3.05, 3.63) is 44.9 Å². The second kappa shape index (κ2) is 11.7. The van der Waals surface area contributed by atoms with Crippen molar-refractivity contribution in [2.24, 2.45) is 10.8 Å². The van der Waals surface area contributed by atoms with E-state index in [0.717, 1.165) is 0 Å². The maximum Gasteiger partial charge on any atom is 0.311 e. The number of Topliss-reactive ketones (excluding diaryl/α,β-unsaturated/α-hetero) is 1. The van der Waals surface area contributed by atoms with E-state index in [2.05, 4.69) is 10.1 Å². The second-order valence-electron chi connectivity index (χ2n) is 10.9. The van der Waals surface area contributed by atoms with Gasteiger partial charge in [-0.25, -0.2) is 0 Å². The van der Waals surface area contributed by atoms with Crippen molar-refractivity contribution in [3.63, 3.8) is 0 Å². The van der Waals surface area contributed by atoms with Gasteiger partial charge in [-0.05, 0) is 44.9 Å². The minimum Gasteiger partial charge on any atom is -0.466 e. The predicted molar refractivity (Wildman–Crippen MR) is 143 cm³/mol. The maximum atomic E-state index is 13.6. The average Bonchev–Trinajstić information content (AvgIpc) is 3.19. The Morgan fingerprint density at radius 2 is 1.70 bits per heavy atom. The highest BCUT2D eigenvalue weighted by atomic mass is 35.5. The van der Waals surface area contributed by atoms with E-state index in [1.165, 1.54) is 23.5 Å². The van der Waals surface area contributed by atoms with Gasteiger partial charge in [-0.1, -0.05) is 55.6 Å². The summed E-state index contributed by atoms with van der Waals surface area (Å²) in [6.07, 6.45) is 6.74. The molecule has 8 nitrogen and oxygen atoms in total. The lowest BCUT2D eigenvalue weighted by Gasteiger charge is -2.35. The third-order valence-electron chi connectivity index (χ3n) is 6.56. The van der Waals surface area contributed by atoms with Gasteiger partial charge in [-0.2, -0.15) is 5.10 Å². The first-order chi connectivity index (χ1) is 17.3. The summed E-state index contributed by atoms with van der Waals surface area (Å²) in [6.45, 7) is 10.0. The molecule has 2 aromatic heterocycles. The lowest BCUT2D eigenvalue weighted by molar-refractivity contribution is -0.156. The molecule has 1 fully saturated rings. The smallest absolute Gasteiger partial charge is 0.311 e. The van der Waals surface area contributed by atoms with Gasteiger partial charge < -0.3 is 9.64 Å². The van der Waals surface area contributed by atoms with E-state index in [0.29, 0.717) is 38.8 Å². The molecule has 0 aliphatic heterocycles. The van der Waals surface area contributed by atoms with Gasteiger partial charge in [0.25, 0.3) is 5.91 Å². The van der Waals surface area contributed by atoms with Crippen LogP contribution >= 0.6 is 34.8 Å². The predicted octanol–water partition coefficient (Wildman–Crippen LogP) is 6.29. The number of amides is 1. The zero-order valence-electron chi connectivity index (χ0n) is 21.8. The molecule has 1 aliphatic carbocycles. The first kappa shape index (κ1) is 29.4. The number of rotatable bonds is 8. The molecule has 0 radical (unpaired) electrons. The lowest BCUT2D eigenvalue weighted by Crippen LogP contribution is -2.41. The fourth-order valence-corrected chi connectivity index (χ4v) is 5.50. The summed E-state index contributed by atoms with van der Waals surface area (Å²) in [4.78, 5) is 44.5. The van der Waals surface area contributed by atoms with Gasteiger partial charge in [-0.15, -0.1) is 0 Å². The SMILES string of the molecule is CCOC(=O)[C@]1(C)CC[C@@H](n2ncc(C(=O)N(CC(=O)c3c(Cl)cncc3Cl)CC(C)(C)C)c2Cl)CC1. The minimum atomic E-state index is -0.538. The van der Waals surface area contributed by atoms with Gasteiger partial charge in [-0.3, -0.25) is 24.0 Å². The van der Waals surface area contributed by atoms with Crippen molar-refractivity contribution in [1.82, 2.24) is 19.7 Å². The molecule has 11 heteroatoms. The lowest BCUT2D eigenvalue weighted by atomic mass is 9.74. The second-order valence-corrected chi connectivity index (χ2v) is 12.1. The van der Waals surface area contributed by atoms with Crippen molar-refractivity contribution < 1.29 is 19.1 Å². The molecule has 0 N–H and O–H groups in total. The van der Waals surface area contributed by atoms with Crippen LogP contribution in [0, 0.1) is 10.8 Å². The van der Waals surface area contributed by atoms with Crippen LogP contribution in [0.5, 0.6) is 0 Å². The molecule has 0 aromatic carbocycles. The highest BCUT2D eigenvalue weighted by Gasteiger charge is 2.40. The fourth-order valence-electron chi connectivity index (χ4n) is 4.61. The number of pyridine rings is 1. The highest BCUT2D eigenvalue weighted by molar-refractivity contribution is 6.39. The molecule has 0 atom stereocenters.